The Morgan fingerprint density at radius 2 is 1.73 bits per heavy atom. The summed E-state index contributed by atoms with van der Waals surface area (Å²) >= 11 is 0. The maximum absolute atomic E-state index is 12.4. The van der Waals surface area contributed by atoms with E-state index in [1.807, 2.05) is 0 Å². The third kappa shape index (κ3) is 3.80. The molecule has 4 aliphatic carbocycles. The molecule has 37 heavy (non-hydrogen) atoms. The number of carbonyl (C=O) groups is 1. The predicted octanol–water partition coefficient (Wildman–Crippen LogP) is 2.46. The number of aliphatic hydroxyl groups is 4. The minimum atomic E-state index is -1.28. The van der Waals surface area contributed by atoms with E-state index in [0.717, 1.165) is 63.4 Å². The van der Waals surface area contributed by atoms with Gasteiger partial charge in [0.25, 0.3) is 0 Å². The molecule has 0 spiro atoms. The zero-order valence-electron chi connectivity index (χ0n) is 22.3. The minimum Gasteiger partial charge on any atom is -0.458 e. The summed E-state index contributed by atoms with van der Waals surface area (Å²) in [5, 5.41) is 43.0. The smallest absolute Gasteiger partial charge is 0.331 e. The van der Waals surface area contributed by atoms with Gasteiger partial charge in [-0.25, -0.2) is 4.79 Å². The number of aliphatic hydroxyl groups excluding tert-OH is 3. The lowest BCUT2D eigenvalue weighted by atomic mass is 9.43. The van der Waals surface area contributed by atoms with Gasteiger partial charge in [-0.15, -0.1) is 0 Å². The number of hydrogen-bond acceptors (Lipinski definition) is 8. The first-order valence-corrected chi connectivity index (χ1v) is 14.4. The van der Waals surface area contributed by atoms with E-state index in [0.29, 0.717) is 18.4 Å². The SMILES string of the molecule is C[C@H]1O[C@H](O[C@H]2CC[C@@]3(C)[C@H](CC[C@@H]4[C@@H]3CC[C@]3(C)[C@@H](C5=CC(=O)OC5)CC[C@]43O)C2)[C@@H](O)[C@@H](O)[C@@H]1O. The molecular weight excluding hydrogens is 476 g/mol. The van der Waals surface area contributed by atoms with Crippen LogP contribution in [0.15, 0.2) is 11.6 Å². The first kappa shape index (κ1) is 26.2. The fourth-order valence-corrected chi connectivity index (χ4v) is 9.81. The van der Waals surface area contributed by atoms with Gasteiger partial charge >= 0.3 is 5.97 Å². The van der Waals surface area contributed by atoms with E-state index in [1.54, 1.807) is 13.0 Å². The van der Waals surface area contributed by atoms with Crippen LogP contribution in [0.5, 0.6) is 0 Å². The maximum Gasteiger partial charge on any atom is 0.331 e. The zero-order chi connectivity index (χ0) is 26.3. The van der Waals surface area contributed by atoms with E-state index in [4.69, 9.17) is 14.2 Å². The van der Waals surface area contributed by atoms with Gasteiger partial charge in [0.05, 0.1) is 17.8 Å². The van der Waals surface area contributed by atoms with Gasteiger partial charge in [0, 0.05) is 11.5 Å². The number of hydrogen-bond donors (Lipinski definition) is 4. The van der Waals surface area contributed by atoms with Crippen LogP contribution in [0.4, 0.5) is 0 Å². The van der Waals surface area contributed by atoms with Gasteiger partial charge in [-0.2, -0.15) is 0 Å². The second-order valence-corrected chi connectivity index (χ2v) is 13.5. The highest BCUT2D eigenvalue weighted by molar-refractivity contribution is 5.85. The van der Waals surface area contributed by atoms with Crippen molar-refractivity contribution < 1.29 is 39.4 Å². The molecule has 0 unspecified atom stereocenters. The van der Waals surface area contributed by atoms with Crippen LogP contribution in [-0.2, 0) is 19.0 Å². The number of esters is 1. The molecule has 8 nitrogen and oxygen atoms in total. The van der Waals surface area contributed by atoms with Gasteiger partial charge in [0.15, 0.2) is 6.29 Å². The molecule has 4 saturated carbocycles. The number of rotatable bonds is 3. The lowest BCUT2D eigenvalue weighted by molar-refractivity contribution is -0.310. The van der Waals surface area contributed by atoms with E-state index in [2.05, 4.69) is 13.8 Å². The molecule has 0 radical (unpaired) electrons. The molecule has 6 aliphatic rings. The van der Waals surface area contributed by atoms with Crippen LogP contribution in [0.25, 0.3) is 0 Å². The molecule has 13 atom stereocenters. The van der Waals surface area contributed by atoms with E-state index in [9.17, 15) is 25.2 Å². The third-order valence-corrected chi connectivity index (χ3v) is 12.1. The van der Waals surface area contributed by atoms with E-state index in [-0.39, 0.29) is 34.7 Å². The average molecular weight is 521 g/mol. The van der Waals surface area contributed by atoms with E-state index < -0.39 is 36.3 Å². The molecule has 0 aromatic heterocycles. The van der Waals surface area contributed by atoms with Gasteiger partial charge in [0.2, 0.25) is 0 Å². The first-order valence-electron chi connectivity index (χ1n) is 14.4. The summed E-state index contributed by atoms with van der Waals surface area (Å²) in [7, 11) is 0. The normalized spacial score (nSPS) is 55.6. The molecule has 5 fully saturated rings. The second kappa shape index (κ2) is 9.00. The van der Waals surface area contributed by atoms with Crippen LogP contribution in [0.3, 0.4) is 0 Å². The maximum atomic E-state index is 12.4. The Morgan fingerprint density at radius 1 is 0.946 bits per heavy atom. The summed E-state index contributed by atoms with van der Waals surface area (Å²) in [4.78, 5) is 11.8. The van der Waals surface area contributed by atoms with Crippen molar-refractivity contribution in [2.45, 2.75) is 121 Å². The Balaban J connectivity index is 1.16. The molecule has 4 N–H and O–H groups in total. The zero-order valence-corrected chi connectivity index (χ0v) is 22.3. The summed E-state index contributed by atoms with van der Waals surface area (Å²) in [6, 6.07) is 0. The molecule has 208 valence electrons. The average Bonchev–Trinajstić information content (AvgIpc) is 3.41. The summed E-state index contributed by atoms with van der Waals surface area (Å²) in [6.07, 6.45) is 4.88. The third-order valence-electron chi connectivity index (χ3n) is 12.1. The number of cyclic esters (lactones) is 1. The summed E-state index contributed by atoms with van der Waals surface area (Å²) in [5.41, 5.74) is 0.243. The van der Waals surface area contributed by atoms with Crippen molar-refractivity contribution in [2.24, 2.45) is 34.5 Å². The van der Waals surface area contributed by atoms with Crippen LogP contribution < -0.4 is 0 Å². The topological polar surface area (TPSA) is 126 Å². The summed E-state index contributed by atoms with van der Waals surface area (Å²) < 4.78 is 17.2. The molecular formula is C29H44O8. The van der Waals surface area contributed by atoms with Crippen LogP contribution in [0.2, 0.25) is 0 Å². The molecule has 0 bridgehead atoms. The van der Waals surface area contributed by atoms with Crippen LogP contribution in [0, 0.1) is 34.5 Å². The molecule has 2 heterocycles. The van der Waals surface area contributed by atoms with Gasteiger partial charge in [-0.05, 0) is 99.4 Å². The quantitative estimate of drug-likeness (QED) is 0.330. The highest BCUT2D eigenvalue weighted by atomic mass is 16.7. The Morgan fingerprint density at radius 3 is 2.46 bits per heavy atom. The van der Waals surface area contributed by atoms with Crippen molar-refractivity contribution in [2.75, 3.05) is 6.61 Å². The highest BCUT2D eigenvalue weighted by Crippen LogP contribution is 2.70. The second-order valence-electron chi connectivity index (χ2n) is 13.5. The minimum absolute atomic E-state index is 0.0661. The van der Waals surface area contributed by atoms with Crippen LogP contribution in [0.1, 0.15) is 78.6 Å². The van der Waals surface area contributed by atoms with Crippen LogP contribution >= 0.6 is 0 Å². The highest BCUT2D eigenvalue weighted by Gasteiger charge is 2.67. The first-order chi connectivity index (χ1) is 17.5. The molecule has 8 heteroatoms. The lowest BCUT2D eigenvalue weighted by Gasteiger charge is -2.64. The molecule has 0 amide bonds. The van der Waals surface area contributed by atoms with Gasteiger partial charge in [0.1, 0.15) is 24.9 Å². The number of ether oxygens (including phenoxy) is 3. The fourth-order valence-electron chi connectivity index (χ4n) is 9.81. The van der Waals surface area contributed by atoms with Gasteiger partial charge < -0.3 is 34.6 Å². The van der Waals surface area contributed by atoms with Crippen molar-refractivity contribution in [1.82, 2.24) is 0 Å². The monoisotopic (exact) mass is 520 g/mol. The Bertz CT molecular complexity index is 952. The molecule has 0 aromatic carbocycles. The van der Waals surface area contributed by atoms with Crippen molar-refractivity contribution in [3.05, 3.63) is 11.6 Å². The van der Waals surface area contributed by atoms with Crippen molar-refractivity contribution in [3.8, 4) is 0 Å². The Kier molecular flexibility index (Phi) is 6.37. The Labute approximate surface area is 219 Å². The van der Waals surface area contributed by atoms with E-state index in [1.165, 1.54) is 0 Å². The fraction of sp³-hybridized carbons (Fsp3) is 0.897. The van der Waals surface area contributed by atoms with Gasteiger partial charge in [-0.3, -0.25) is 0 Å². The van der Waals surface area contributed by atoms with Crippen LogP contribution in [-0.4, -0.2) is 75.4 Å². The van der Waals surface area contributed by atoms with Gasteiger partial charge in [-0.1, -0.05) is 13.8 Å². The molecule has 6 rings (SSSR count). The largest absolute Gasteiger partial charge is 0.458 e. The van der Waals surface area contributed by atoms with Crippen molar-refractivity contribution >= 4 is 5.97 Å². The predicted molar refractivity (Wildman–Crippen MR) is 133 cm³/mol. The van der Waals surface area contributed by atoms with Crippen molar-refractivity contribution in [3.63, 3.8) is 0 Å². The number of fused-ring (bicyclic) bond motifs is 5. The molecule has 1 saturated heterocycles. The van der Waals surface area contributed by atoms with E-state index >= 15 is 0 Å². The summed E-state index contributed by atoms with van der Waals surface area (Å²) in [6.45, 7) is 6.73. The lowest BCUT2D eigenvalue weighted by Crippen LogP contribution is -2.62. The molecule has 2 aliphatic heterocycles. The Hall–Kier alpha value is -1.03. The molecule has 0 aromatic rings. The summed E-state index contributed by atoms with van der Waals surface area (Å²) in [5.74, 6) is 1.14. The van der Waals surface area contributed by atoms with Crippen molar-refractivity contribution in [1.29, 1.82) is 0 Å². The number of carbonyl (C=O) groups excluding carboxylic acids is 1. The standard InChI is InChI=1S/C29H44O8/c1-15-23(31)24(32)25(33)26(36-15)37-18-6-9-27(2)17(13-18)4-5-21-20(27)7-10-28(3)19(8-11-29(21,28)34)16-12-22(30)35-14-16/h12,15,17-21,23-26,31-34H,4-11,13-14H2,1-3H3/t15-,17-,18+,19-,20+,21-,23-,24+,25+,26-,27+,28-,29+/m1/s1.